The van der Waals surface area contributed by atoms with Gasteiger partial charge in [-0.3, -0.25) is 5.32 Å². The Kier molecular flexibility index (Phi) is 3.07. The summed E-state index contributed by atoms with van der Waals surface area (Å²) in [6.07, 6.45) is 3.34. The Morgan fingerprint density at radius 1 is 1.92 bits per heavy atom. The Labute approximate surface area is 88.6 Å². The molecule has 68 valence electrons. The highest BCUT2D eigenvalue weighted by molar-refractivity contribution is 14.1. The van der Waals surface area contributed by atoms with Gasteiger partial charge in [0.1, 0.15) is 3.70 Å². The number of hydrogen-bond acceptors (Lipinski definition) is 3. The van der Waals surface area contributed by atoms with Gasteiger partial charge in [0.2, 0.25) is 11.9 Å². The summed E-state index contributed by atoms with van der Waals surface area (Å²) in [6.45, 7) is 0. The fourth-order valence-electron chi connectivity index (χ4n) is 0.677. The van der Waals surface area contributed by atoms with E-state index >= 15 is 0 Å². The molecule has 1 aromatic heterocycles. The summed E-state index contributed by atoms with van der Waals surface area (Å²) >= 11 is 2.12. The smallest absolute Gasteiger partial charge is 0.233 e. The molecule has 1 rings (SSSR count). The third kappa shape index (κ3) is 2.32. The molecular weight excluding hydrogens is 283 g/mol. The molecule has 0 atom stereocenters. The Bertz CT molecular complexity index is 373. The van der Waals surface area contributed by atoms with E-state index in [0.29, 0.717) is 5.95 Å². The molecule has 1 aromatic rings. The first-order chi connectivity index (χ1) is 6.15. The zero-order chi connectivity index (χ0) is 9.84. The molecule has 0 aliphatic carbocycles. The van der Waals surface area contributed by atoms with Gasteiger partial charge in [0.05, 0.1) is 6.20 Å². The largest absolute Gasteiger partial charge is 0.369 e. The molecule has 0 aromatic carbocycles. The number of guanidine groups is 1. The zero-order valence-corrected chi connectivity index (χ0v) is 8.98. The fraction of sp³-hybridized carbons (Fsp3) is 0.167. The van der Waals surface area contributed by atoms with E-state index in [1.807, 2.05) is 7.05 Å². The minimum Gasteiger partial charge on any atom is -0.369 e. The van der Waals surface area contributed by atoms with Crippen LogP contribution in [-0.4, -0.2) is 15.5 Å². The summed E-state index contributed by atoms with van der Waals surface area (Å²) in [5, 5.41) is 10.4. The third-order valence-corrected chi connectivity index (χ3v) is 2.31. The summed E-state index contributed by atoms with van der Waals surface area (Å²) < 4.78 is 2.70. The van der Waals surface area contributed by atoms with Crippen LogP contribution in [0.2, 0.25) is 0 Å². The molecular formula is C6H7IN6. The molecule has 0 fully saturated rings. The molecule has 3 N–H and O–H groups in total. The molecule has 0 bridgehead atoms. The predicted molar refractivity (Wildman–Crippen MR) is 56.0 cm³/mol. The van der Waals surface area contributed by atoms with Gasteiger partial charge in [0.25, 0.3) is 0 Å². The maximum atomic E-state index is 8.24. The summed E-state index contributed by atoms with van der Waals surface area (Å²) in [5.74, 6) is 0.497. The van der Waals surface area contributed by atoms with Crippen LogP contribution in [0.1, 0.15) is 0 Å². The van der Waals surface area contributed by atoms with Crippen molar-refractivity contribution in [3.63, 3.8) is 0 Å². The summed E-state index contributed by atoms with van der Waals surface area (Å²) in [4.78, 5) is 7.85. The molecule has 7 heteroatoms. The average molecular weight is 290 g/mol. The number of nitrogens with one attached hydrogen (secondary N) is 1. The summed E-state index contributed by atoms with van der Waals surface area (Å²) in [5.41, 5.74) is 5.35. The molecule has 0 saturated heterocycles. The second-order valence-electron chi connectivity index (χ2n) is 2.17. The molecule has 6 nitrogen and oxygen atoms in total. The lowest BCUT2D eigenvalue weighted by molar-refractivity contribution is 0.885. The Balaban J connectivity index is 2.92. The normalized spacial score (nSPS) is 11.0. The number of nitrogens with two attached hydrogens (primary N) is 1. The molecule has 0 amide bonds. The number of imidazole rings is 1. The van der Waals surface area contributed by atoms with Gasteiger partial charge in [-0.2, -0.15) is 10.3 Å². The number of nitrogens with zero attached hydrogens (tertiary/aromatic N) is 4. The second-order valence-corrected chi connectivity index (χ2v) is 3.28. The lowest BCUT2D eigenvalue weighted by Gasteiger charge is -1.97. The van der Waals surface area contributed by atoms with Crippen molar-refractivity contribution in [3.8, 4) is 6.19 Å². The minimum absolute atomic E-state index is 0.0348. The van der Waals surface area contributed by atoms with E-state index in [9.17, 15) is 0 Å². The van der Waals surface area contributed by atoms with Crippen LogP contribution >= 0.6 is 22.6 Å². The van der Waals surface area contributed by atoms with E-state index in [1.54, 1.807) is 17.0 Å². The van der Waals surface area contributed by atoms with Crippen LogP contribution in [0.4, 0.5) is 5.95 Å². The number of nitriles is 1. The zero-order valence-electron chi connectivity index (χ0n) is 6.82. The Morgan fingerprint density at radius 3 is 3.08 bits per heavy atom. The van der Waals surface area contributed by atoms with Crippen LogP contribution in [0.15, 0.2) is 11.2 Å². The van der Waals surface area contributed by atoms with E-state index < -0.39 is 0 Å². The first-order valence-electron chi connectivity index (χ1n) is 3.31. The number of halogens is 1. The number of rotatable bonds is 1. The monoisotopic (exact) mass is 290 g/mol. The standard InChI is InChI=1S/C6H7IN6/c1-13-4(7)2-10-6(13)12-5(9)11-3-8/h2H,1H3,(H3,9,10,11,12). The van der Waals surface area contributed by atoms with Crippen molar-refractivity contribution in [2.45, 2.75) is 0 Å². The predicted octanol–water partition coefficient (Wildman–Crippen LogP) is 0.0416. The van der Waals surface area contributed by atoms with Crippen molar-refractivity contribution >= 4 is 34.5 Å². The quantitative estimate of drug-likeness (QED) is 0.251. The summed E-state index contributed by atoms with van der Waals surface area (Å²) in [7, 11) is 1.81. The molecule has 0 unspecified atom stereocenters. The molecule has 0 spiro atoms. The van der Waals surface area contributed by atoms with Crippen molar-refractivity contribution in [1.29, 1.82) is 5.26 Å². The van der Waals surface area contributed by atoms with Gasteiger partial charge in [-0.1, -0.05) is 0 Å². The number of aromatic nitrogens is 2. The Morgan fingerprint density at radius 2 is 2.62 bits per heavy atom. The van der Waals surface area contributed by atoms with Crippen LogP contribution in [0.5, 0.6) is 0 Å². The lowest BCUT2D eigenvalue weighted by Crippen LogP contribution is -2.27. The van der Waals surface area contributed by atoms with Crippen molar-refractivity contribution in [2.75, 3.05) is 0 Å². The van der Waals surface area contributed by atoms with Crippen LogP contribution in [-0.2, 0) is 7.05 Å². The van der Waals surface area contributed by atoms with Crippen molar-refractivity contribution in [3.05, 3.63) is 9.90 Å². The first kappa shape index (κ1) is 9.79. The van der Waals surface area contributed by atoms with Gasteiger partial charge in [-0.15, -0.1) is 0 Å². The SMILES string of the molecule is Cn1c(I)cnc1N=C(N)NC#N. The fourth-order valence-corrected chi connectivity index (χ4v) is 1.03. The van der Waals surface area contributed by atoms with E-state index in [2.05, 4.69) is 37.9 Å². The molecule has 0 aliphatic heterocycles. The van der Waals surface area contributed by atoms with Crippen LogP contribution in [0.25, 0.3) is 0 Å². The second kappa shape index (κ2) is 4.08. The number of hydrogen-bond donors (Lipinski definition) is 2. The van der Waals surface area contributed by atoms with Crippen molar-refractivity contribution in [1.82, 2.24) is 14.9 Å². The minimum atomic E-state index is 0.0348. The van der Waals surface area contributed by atoms with E-state index in [-0.39, 0.29) is 5.96 Å². The summed E-state index contributed by atoms with van der Waals surface area (Å²) in [6, 6.07) is 0. The van der Waals surface area contributed by atoms with E-state index in [4.69, 9.17) is 11.0 Å². The Hall–Kier alpha value is -1.30. The third-order valence-electron chi connectivity index (χ3n) is 1.31. The number of aliphatic imine (C=N–C) groups is 1. The highest BCUT2D eigenvalue weighted by Gasteiger charge is 2.02. The molecule has 0 aliphatic rings. The van der Waals surface area contributed by atoms with Crippen molar-refractivity contribution < 1.29 is 0 Å². The van der Waals surface area contributed by atoms with Gasteiger partial charge < -0.3 is 10.3 Å². The van der Waals surface area contributed by atoms with Crippen LogP contribution in [0.3, 0.4) is 0 Å². The van der Waals surface area contributed by atoms with Gasteiger partial charge in [-0.25, -0.2) is 4.98 Å². The average Bonchev–Trinajstić information content (AvgIpc) is 2.37. The van der Waals surface area contributed by atoms with Gasteiger partial charge >= 0.3 is 0 Å². The molecule has 0 saturated carbocycles. The van der Waals surface area contributed by atoms with Gasteiger partial charge in [-0.05, 0) is 22.6 Å². The highest BCUT2D eigenvalue weighted by Crippen LogP contribution is 2.12. The van der Waals surface area contributed by atoms with E-state index in [0.717, 1.165) is 3.70 Å². The first-order valence-corrected chi connectivity index (χ1v) is 4.39. The molecule has 0 radical (unpaired) electrons. The van der Waals surface area contributed by atoms with Crippen LogP contribution < -0.4 is 11.1 Å². The topological polar surface area (TPSA) is 92.0 Å². The maximum Gasteiger partial charge on any atom is 0.233 e. The van der Waals surface area contributed by atoms with Crippen LogP contribution in [0, 0.1) is 15.2 Å². The lowest BCUT2D eigenvalue weighted by atomic mass is 10.9. The molecule has 1 heterocycles. The van der Waals surface area contributed by atoms with Crippen molar-refractivity contribution in [2.24, 2.45) is 17.8 Å². The van der Waals surface area contributed by atoms with E-state index in [1.165, 1.54) is 0 Å². The molecule has 13 heavy (non-hydrogen) atoms. The highest BCUT2D eigenvalue weighted by atomic mass is 127. The van der Waals surface area contributed by atoms with Gasteiger partial charge in [0, 0.05) is 7.05 Å². The van der Waals surface area contributed by atoms with Gasteiger partial charge in [0.15, 0.2) is 6.19 Å². The maximum absolute atomic E-state index is 8.24.